The van der Waals surface area contributed by atoms with Gasteiger partial charge in [0.05, 0.1) is 18.9 Å². The number of anilines is 1. The highest BCUT2D eigenvalue weighted by Crippen LogP contribution is 2.31. The largest absolute Gasteiger partial charge is 0.494 e. The number of amides is 1. The molecule has 0 spiro atoms. The maximum Gasteiger partial charge on any atom is 0.314 e. The molecule has 0 saturated carbocycles. The lowest BCUT2D eigenvalue weighted by Crippen LogP contribution is -2.42. The van der Waals surface area contributed by atoms with E-state index in [1.54, 1.807) is 18.2 Å². The molecule has 0 aromatic heterocycles. The van der Waals surface area contributed by atoms with Crippen molar-refractivity contribution in [2.45, 2.75) is 19.4 Å². The third-order valence-corrected chi connectivity index (χ3v) is 3.62. The van der Waals surface area contributed by atoms with E-state index < -0.39 is 11.5 Å². The summed E-state index contributed by atoms with van der Waals surface area (Å²) in [5.41, 5.74) is 8.30. The van der Waals surface area contributed by atoms with Crippen LogP contribution in [0.25, 0.3) is 5.53 Å². The van der Waals surface area contributed by atoms with Crippen molar-refractivity contribution < 1.29 is 23.8 Å². The molecule has 0 heterocycles. The lowest BCUT2D eigenvalue weighted by Gasteiger charge is -2.26. The molecule has 0 fully saturated rings. The lowest BCUT2D eigenvalue weighted by atomic mass is 9.95. The fourth-order valence-electron chi connectivity index (χ4n) is 2.34. The Morgan fingerprint density at radius 1 is 1.20 bits per heavy atom. The average molecular weight is 343 g/mol. The van der Waals surface area contributed by atoms with Gasteiger partial charge < -0.3 is 25.1 Å². The summed E-state index contributed by atoms with van der Waals surface area (Å²) in [6.07, 6.45) is 6.04. The summed E-state index contributed by atoms with van der Waals surface area (Å²) in [5.74, 6) is 0.748. The molecule has 0 unspecified atom stereocenters. The molecule has 2 rings (SSSR count). The minimum Gasteiger partial charge on any atom is -0.494 e. The number of allylic oxidation sites excluding steroid dienone is 2. The van der Waals surface area contributed by atoms with Gasteiger partial charge in [0.1, 0.15) is 11.5 Å². The van der Waals surface area contributed by atoms with Crippen LogP contribution in [0, 0.1) is 0 Å². The summed E-state index contributed by atoms with van der Waals surface area (Å²) in [6.45, 7) is 4.72. The third kappa shape index (κ3) is 4.15. The smallest absolute Gasteiger partial charge is 0.314 e. The highest BCUT2D eigenvalue weighted by Gasteiger charge is 2.36. The highest BCUT2D eigenvalue weighted by atomic mass is 16.5. The molecule has 1 aromatic rings. The number of methoxy groups -OCH3 is 1. The summed E-state index contributed by atoms with van der Waals surface area (Å²) in [6, 6.07) is 5.22. The van der Waals surface area contributed by atoms with Gasteiger partial charge in [0.25, 0.3) is 5.91 Å². The number of carbonyl (C=O) groups is 1. The minimum atomic E-state index is -1.31. The summed E-state index contributed by atoms with van der Waals surface area (Å²) in [7, 11) is 1.43. The molecular formula is C18H21N3O4. The first kappa shape index (κ1) is 18.4. The quantitative estimate of drug-likeness (QED) is 0.608. The number of ether oxygens (including phenoxy) is 3. The van der Waals surface area contributed by atoms with Gasteiger partial charge >= 0.3 is 5.71 Å². The number of hydrogen-bond donors (Lipinski definition) is 1. The first-order valence-corrected chi connectivity index (χ1v) is 7.95. The van der Waals surface area contributed by atoms with Crippen LogP contribution < -0.4 is 14.8 Å². The van der Waals surface area contributed by atoms with Crippen LogP contribution in [0.15, 0.2) is 42.5 Å². The van der Waals surface area contributed by atoms with Gasteiger partial charge in [-0.3, -0.25) is 4.79 Å². The second-order valence-electron chi connectivity index (χ2n) is 5.17. The Labute approximate surface area is 146 Å². The zero-order chi connectivity index (χ0) is 18.3. The topological polar surface area (TPSA) is 93.2 Å². The summed E-state index contributed by atoms with van der Waals surface area (Å²) in [4.78, 5) is 15.9. The SMILES string of the molecule is CCOc1ccc(OCC)c(NC(=O)C2(OC)C=CC(=[N+]=[N-])C=C2)c1. The number of hydrogen-bond acceptors (Lipinski definition) is 4. The van der Waals surface area contributed by atoms with Crippen molar-refractivity contribution in [3.8, 4) is 11.5 Å². The zero-order valence-corrected chi connectivity index (χ0v) is 14.5. The molecule has 1 aliphatic carbocycles. The third-order valence-electron chi connectivity index (χ3n) is 3.62. The van der Waals surface area contributed by atoms with E-state index in [1.165, 1.54) is 31.4 Å². The molecule has 25 heavy (non-hydrogen) atoms. The van der Waals surface area contributed by atoms with Gasteiger partial charge in [-0.05, 0) is 38.1 Å². The van der Waals surface area contributed by atoms with E-state index in [1.807, 2.05) is 13.8 Å². The second kappa shape index (κ2) is 8.28. The number of carbonyl (C=O) groups excluding carboxylic acids is 1. The van der Waals surface area contributed by atoms with E-state index >= 15 is 0 Å². The van der Waals surface area contributed by atoms with Gasteiger partial charge in [-0.15, -0.1) is 0 Å². The molecule has 1 amide bonds. The first-order valence-electron chi connectivity index (χ1n) is 7.95. The summed E-state index contributed by atoms with van der Waals surface area (Å²) in [5, 5.41) is 2.81. The van der Waals surface area contributed by atoms with Crippen molar-refractivity contribution in [1.29, 1.82) is 0 Å². The van der Waals surface area contributed by atoms with Crippen molar-refractivity contribution >= 4 is 17.3 Å². The molecule has 0 radical (unpaired) electrons. The average Bonchev–Trinajstić information content (AvgIpc) is 2.64. The Bertz CT molecular complexity index is 733. The molecule has 1 aliphatic rings. The molecule has 0 atom stereocenters. The number of rotatable bonds is 7. The second-order valence-corrected chi connectivity index (χ2v) is 5.17. The van der Waals surface area contributed by atoms with Crippen molar-refractivity contribution in [2.24, 2.45) is 0 Å². The van der Waals surface area contributed by atoms with Gasteiger partial charge in [0, 0.05) is 25.3 Å². The Morgan fingerprint density at radius 2 is 1.88 bits per heavy atom. The Kier molecular flexibility index (Phi) is 6.11. The van der Waals surface area contributed by atoms with Crippen LogP contribution in [0.5, 0.6) is 11.5 Å². The number of benzene rings is 1. The maximum atomic E-state index is 12.8. The van der Waals surface area contributed by atoms with Crippen molar-refractivity contribution in [1.82, 2.24) is 0 Å². The standard InChI is InChI=1S/C18H21N3O4/c1-4-24-14-6-7-16(25-5-2)15(12-14)20-17(22)18(23-3)10-8-13(21-19)9-11-18/h6-12H,4-5H2,1-3H3,(H,20,22). The fraction of sp³-hybridized carbons (Fsp3) is 0.333. The van der Waals surface area contributed by atoms with E-state index in [0.717, 1.165) is 0 Å². The van der Waals surface area contributed by atoms with Gasteiger partial charge in [0.15, 0.2) is 5.60 Å². The van der Waals surface area contributed by atoms with Crippen LogP contribution >= 0.6 is 0 Å². The Morgan fingerprint density at radius 3 is 2.44 bits per heavy atom. The predicted molar refractivity (Wildman–Crippen MR) is 94.1 cm³/mol. The Balaban J connectivity index is 2.30. The van der Waals surface area contributed by atoms with E-state index in [2.05, 4.69) is 10.1 Å². The molecule has 0 saturated heterocycles. The number of nitrogens with zero attached hydrogens (tertiary/aromatic N) is 2. The van der Waals surface area contributed by atoms with Gasteiger partial charge in [-0.1, -0.05) is 0 Å². The first-order chi connectivity index (χ1) is 12.1. The van der Waals surface area contributed by atoms with E-state index in [0.29, 0.717) is 36.1 Å². The van der Waals surface area contributed by atoms with E-state index in [4.69, 9.17) is 19.7 Å². The predicted octanol–water partition coefficient (Wildman–Crippen LogP) is 2.60. The van der Waals surface area contributed by atoms with Gasteiger partial charge in [-0.2, -0.15) is 4.79 Å². The molecule has 7 nitrogen and oxygen atoms in total. The van der Waals surface area contributed by atoms with Crippen molar-refractivity contribution in [3.05, 3.63) is 48.0 Å². The highest BCUT2D eigenvalue weighted by molar-refractivity contribution is 6.08. The van der Waals surface area contributed by atoms with Crippen molar-refractivity contribution in [3.63, 3.8) is 0 Å². The van der Waals surface area contributed by atoms with Crippen LogP contribution in [-0.2, 0) is 9.53 Å². The minimum absolute atomic E-state index is 0.328. The van der Waals surface area contributed by atoms with Crippen LogP contribution in [0.2, 0.25) is 0 Å². The normalized spacial score (nSPS) is 18.6. The summed E-state index contributed by atoms with van der Waals surface area (Å²) < 4.78 is 16.4. The van der Waals surface area contributed by atoms with Gasteiger partial charge in [-0.25, -0.2) is 0 Å². The molecule has 0 aliphatic heterocycles. The number of nitrogens with one attached hydrogen (secondary N) is 1. The summed E-state index contributed by atoms with van der Waals surface area (Å²) >= 11 is 0. The molecule has 132 valence electrons. The molecule has 0 bridgehead atoms. The van der Waals surface area contributed by atoms with Crippen LogP contribution in [0.3, 0.4) is 0 Å². The van der Waals surface area contributed by atoms with Crippen LogP contribution in [-0.4, -0.2) is 42.3 Å². The lowest BCUT2D eigenvalue weighted by molar-refractivity contribution is -0.128. The monoisotopic (exact) mass is 343 g/mol. The Hall–Kier alpha value is -2.89. The molecule has 1 N–H and O–H groups in total. The molecule has 7 heteroatoms. The fourth-order valence-corrected chi connectivity index (χ4v) is 2.34. The van der Waals surface area contributed by atoms with Crippen LogP contribution in [0.4, 0.5) is 5.69 Å². The van der Waals surface area contributed by atoms with E-state index in [-0.39, 0.29) is 0 Å². The van der Waals surface area contributed by atoms with Crippen LogP contribution in [0.1, 0.15) is 13.8 Å². The van der Waals surface area contributed by atoms with Gasteiger partial charge in [0.2, 0.25) is 0 Å². The molecule has 1 aromatic carbocycles. The zero-order valence-electron chi connectivity index (χ0n) is 14.5. The van der Waals surface area contributed by atoms with Crippen molar-refractivity contribution in [2.75, 3.05) is 25.6 Å². The molecular weight excluding hydrogens is 322 g/mol. The maximum absolute atomic E-state index is 12.8. The van der Waals surface area contributed by atoms with E-state index in [9.17, 15) is 4.79 Å².